The average Bonchev–Trinajstić information content (AvgIpc) is 3.43. The topological polar surface area (TPSA) is 54.9 Å². The maximum absolute atomic E-state index is 12.6. The van der Waals surface area contributed by atoms with Crippen LogP contribution in [-0.4, -0.2) is 16.1 Å². The van der Waals surface area contributed by atoms with E-state index in [1.54, 1.807) is 11.3 Å². The van der Waals surface area contributed by atoms with Crippen LogP contribution in [-0.2, 0) is 23.1 Å². The van der Waals surface area contributed by atoms with Gasteiger partial charge in [-0.15, -0.1) is 10.2 Å². The zero-order valence-electron chi connectivity index (χ0n) is 19.6. The molecule has 0 radical (unpaired) electrons. The van der Waals surface area contributed by atoms with E-state index < -0.39 is 0 Å². The van der Waals surface area contributed by atoms with Crippen molar-refractivity contribution in [3.63, 3.8) is 0 Å². The van der Waals surface area contributed by atoms with Crippen LogP contribution in [0.15, 0.2) is 42.5 Å². The van der Waals surface area contributed by atoms with Crippen LogP contribution in [0.4, 0.5) is 5.13 Å². The van der Waals surface area contributed by atoms with E-state index >= 15 is 0 Å². The molecule has 34 heavy (non-hydrogen) atoms. The molecule has 1 aromatic heterocycles. The van der Waals surface area contributed by atoms with Crippen LogP contribution >= 0.6 is 11.3 Å². The smallest absolute Gasteiger partial charge is 0.226 e. The predicted octanol–water partition coefficient (Wildman–Crippen LogP) is 6.54. The van der Waals surface area contributed by atoms with Crippen LogP contribution in [0.5, 0.6) is 0 Å². The fourth-order valence-electron chi connectivity index (χ4n) is 7.82. The molecule has 174 valence electrons. The second kappa shape index (κ2) is 8.01. The molecule has 3 aromatic rings. The normalized spacial score (nSPS) is 28.1. The third-order valence-electron chi connectivity index (χ3n) is 8.90. The highest BCUT2D eigenvalue weighted by molar-refractivity contribution is 7.15. The number of hydrogen-bond donors (Lipinski definition) is 1. The van der Waals surface area contributed by atoms with Crippen molar-refractivity contribution < 1.29 is 4.79 Å². The minimum atomic E-state index is 0.0553. The summed E-state index contributed by atoms with van der Waals surface area (Å²) < 4.78 is 0. The molecule has 0 saturated heterocycles. The van der Waals surface area contributed by atoms with E-state index in [0.717, 1.165) is 37.0 Å². The second-order valence-corrected chi connectivity index (χ2v) is 12.3. The number of carbonyl (C=O) groups is 1. The van der Waals surface area contributed by atoms with Crippen molar-refractivity contribution in [2.45, 2.75) is 69.6 Å². The van der Waals surface area contributed by atoms with Crippen molar-refractivity contribution in [1.82, 2.24) is 10.2 Å². The van der Waals surface area contributed by atoms with E-state index in [4.69, 9.17) is 0 Å². The summed E-state index contributed by atoms with van der Waals surface area (Å²) in [5.74, 6) is 2.72. The molecule has 1 amide bonds. The van der Waals surface area contributed by atoms with Gasteiger partial charge in [-0.3, -0.25) is 4.79 Å². The highest BCUT2D eigenvalue weighted by atomic mass is 32.1. The SMILES string of the molecule is O=C(CCCc1ccc2c(c1)-c1ccccc1C2)Nc1nnc(C23CC4CC(CC(C4)C2)C3)s1. The molecule has 4 bridgehead atoms. The largest absolute Gasteiger partial charge is 0.301 e. The number of hydrogen-bond acceptors (Lipinski definition) is 4. The molecule has 5 aliphatic carbocycles. The van der Waals surface area contributed by atoms with E-state index in [1.165, 1.54) is 71.3 Å². The number of anilines is 1. The average molecular weight is 470 g/mol. The zero-order chi connectivity index (χ0) is 22.7. The van der Waals surface area contributed by atoms with Gasteiger partial charge in [-0.1, -0.05) is 53.8 Å². The maximum Gasteiger partial charge on any atom is 0.226 e. The molecule has 5 aliphatic rings. The number of aryl methyl sites for hydroxylation is 1. The Kier molecular flexibility index (Phi) is 4.90. The molecule has 0 unspecified atom stereocenters. The number of nitrogens with one attached hydrogen (secondary N) is 1. The molecule has 4 saturated carbocycles. The van der Waals surface area contributed by atoms with E-state index in [2.05, 4.69) is 58.0 Å². The third kappa shape index (κ3) is 3.60. The Morgan fingerprint density at radius 1 is 0.941 bits per heavy atom. The molecule has 8 rings (SSSR count). The van der Waals surface area contributed by atoms with Gasteiger partial charge in [0.1, 0.15) is 5.01 Å². The minimum absolute atomic E-state index is 0.0553. The van der Waals surface area contributed by atoms with Crippen molar-refractivity contribution >= 4 is 22.4 Å². The van der Waals surface area contributed by atoms with Crippen LogP contribution in [0, 0.1) is 17.8 Å². The van der Waals surface area contributed by atoms with Gasteiger partial charge in [-0.05, 0) is 103 Å². The van der Waals surface area contributed by atoms with E-state index in [9.17, 15) is 4.79 Å². The number of benzene rings is 2. The fourth-order valence-corrected chi connectivity index (χ4v) is 8.80. The molecule has 0 aliphatic heterocycles. The van der Waals surface area contributed by atoms with Gasteiger partial charge in [0.15, 0.2) is 0 Å². The van der Waals surface area contributed by atoms with Crippen LogP contribution in [0.2, 0.25) is 0 Å². The number of aromatic nitrogens is 2. The lowest BCUT2D eigenvalue weighted by atomic mass is 9.50. The lowest BCUT2D eigenvalue weighted by Crippen LogP contribution is -2.48. The van der Waals surface area contributed by atoms with Gasteiger partial charge >= 0.3 is 0 Å². The molecule has 1 heterocycles. The number of amides is 1. The number of rotatable bonds is 6. The monoisotopic (exact) mass is 469 g/mol. The summed E-state index contributed by atoms with van der Waals surface area (Å²) in [6.07, 6.45) is 11.4. The fraction of sp³-hybridized carbons (Fsp3) is 0.483. The van der Waals surface area contributed by atoms with Gasteiger partial charge in [0.05, 0.1) is 0 Å². The van der Waals surface area contributed by atoms with Crippen molar-refractivity contribution in [1.29, 1.82) is 0 Å². The molecule has 4 nitrogen and oxygen atoms in total. The molecule has 4 fully saturated rings. The van der Waals surface area contributed by atoms with Crippen molar-refractivity contribution in [2.75, 3.05) is 5.32 Å². The Bertz CT molecular complexity index is 1230. The first-order valence-corrected chi connectivity index (χ1v) is 13.8. The summed E-state index contributed by atoms with van der Waals surface area (Å²) >= 11 is 1.63. The lowest BCUT2D eigenvalue weighted by Gasteiger charge is -2.55. The molecular weight excluding hydrogens is 438 g/mol. The standard InChI is InChI=1S/C29H31N3OS/c33-26(7-3-4-18-8-9-23-14-22-5-1-2-6-24(22)25(23)13-18)30-28-32-31-27(34-28)29-15-19-10-20(16-29)12-21(11-19)17-29/h1-2,5-6,8-9,13,19-21H,3-4,7,10-12,14-17H2,(H,30,32,33). The lowest BCUT2D eigenvalue weighted by molar-refractivity contribution is -0.116. The summed E-state index contributed by atoms with van der Waals surface area (Å²) in [5, 5.41) is 13.9. The minimum Gasteiger partial charge on any atom is -0.301 e. The van der Waals surface area contributed by atoms with Gasteiger partial charge in [0, 0.05) is 11.8 Å². The van der Waals surface area contributed by atoms with Crippen molar-refractivity contribution in [3.8, 4) is 11.1 Å². The first kappa shape index (κ1) is 20.8. The summed E-state index contributed by atoms with van der Waals surface area (Å²) in [6, 6.07) is 15.5. The second-order valence-electron chi connectivity index (χ2n) is 11.3. The Balaban J connectivity index is 0.961. The molecule has 0 atom stereocenters. The van der Waals surface area contributed by atoms with Crippen LogP contribution in [0.3, 0.4) is 0 Å². The molecule has 0 spiro atoms. The summed E-state index contributed by atoms with van der Waals surface area (Å²) in [7, 11) is 0. The Labute approximate surface area is 205 Å². The van der Waals surface area contributed by atoms with Gasteiger partial charge < -0.3 is 5.32 Å². The summed E-state index contributed by atoms with van der Waals surface area (Å²) in [4.78, 5) is 12.6. The molecule has 1 N–H and O–H groups in total. The van der Waals surface area contributed by atoms with Crippen molar-refractivity contribution in [3.05, 3.63) is 64.2 Å². The van der Waals surface area contributed by atoms with Crippen LogP contribution < -0.4 is 5.32 Å². The number of nitrogens with zero attached hydrogens (tertiary/aromatic N) is 2. The third-order valence-corrected chi connectivity index (χ3v) is 9.98. The quantitative estimate of drug-likeness (QED) is 0.349. The van der Waals surface area contributed by atoms with Gasteiger partial charge in [-0.25, -0.2) is 0 Å². The van der Waals surface area contributed by atoms with E-state index in [1.807, 2.05) is 0 Å². The summed E-state index contributed by atoms with van der Waals surface area (Å²) in [6.45, 7) is 0. The molecule has 5 heteroatoms. The van der Waals surface area contributed by atoms with Gasteiger partial charge in [0.25, 0.3) is 0 Å². The zero-order valence-corrected chi connectivity index (χ0v) is 20.4. The number of carbonyl (C=O) groups excluding carboxylic acids is 1. The maximum atomic E-state index is 12.6. The Morgan fingerprint density at radius 2 is 1.68 bits per heavy atom. The van der Waals surface area contributed by atoms with Crippen molar-refractivity contribution in [2.24, 2.45) is 17.8 Å². The first-order valence-electron chi connectivity index (χ1n) is 13.0. The van der Waals surface area contributed by atoms with Crippen LogP contribution in [0.25, 0.3) is 11.1 Å². The molecule has 2 aromatic carbocycles. The Hall–Kier alpha value is -2.53. The number of fused-ring (bicyclic) bond motifs is 3. The highest BCUT2D eigenvalue weighted by Crippen LogP contribution is 2.61. The van der Waals surface area contributed by atoms with E-state index in [0.29, 0.717) is 11.6 Å². The predicted molar refractivity (Wildman–Crippen MR) is 136 cm³/mol. The van der Waals surface area contributed by atoms with Gasteiger partial charge in [0.2, 0.25) is 11.0 Å². The highest BCUT2D eigenvalue weighted by Gasteiger charge is 2.53. The van der Waals surface area contributed by atoms with E-state index in [-0.39, 0.29) is 11.3 Å². The molecular formula is C29H31N3OS. The van der Waals surface area contributed by atoms with Crippen LogP contribution in [0.1, 0.15) is 73.1 Å². The van der Waals surface area contributed by atoms with Gasteiger partial charge in [-0.2, -0.15) is 0 Å². The first-order chi connectivity index (χ1) is 16.6. The Morgan fingerprint density at radius 3 is 2.47 bits per heavy atom. The summed E-state index contributed by atoms with van der Waals surface area (Å²) in [5.41, 5.74) is 7.12.